The van der Waals surface area contributed by atoms with Gasteiger partial charge in [0.2, 0.25) is 0 Å². The fourth-order valence-electron chi connectivity index (χ4n) is 8.78. The molecule has 0 radical (unpaired) electrons. The van der Waals surface area contributed by atoms with Gasteiger partial charge in [-0.15, -0.1) is 0 Å². The van der Waals surface area contributed by atoms with Crippen molar-refractivity contribution in [2.45, 2.75) is 32.1 Å². The van der Waals surface area contributed by atoms with E-state index in [0.717, 1.165) is 58.1 Å². The molecule has 0 saturated heterocycles. The van der Waals surface area contributed by atoms with Gasteiger partial charge >= 0.3 is 0 Å². The number of hydrogen-bond acceptors (Lipinski definition) is 3. The van der Waals surface area contributed by atoms with Crippen LogP contribution in [0, 0.1) is 19.3 Å². The highest BCUT2D eigenvalue weighted by molar-refractivity contribution is 5.95. The Hall–Kier alpha value is -7.69. The number of nitrogen functional groups attached to an aromatic ring is 1. The van der Waals surface area contributed by atoms with E-state index in [1.54, 1.807) is 0 Å². The van der Waals surface area contributed by atoms with E-state index >= 15 is 0 Å². The van der Waals surface area contributed by atoms with E-state index in [4.69, 9.17) is 20.6 Å². The van der Waals surface area contributed by atoms with E-state index in [1.807, 2.05) is 66.7 Å². The van der Waals surface area contributed by atoms with Gasteiger partial charge in [-0.05, 0) is 95.0 Å². The number of ether oxygens (including phenoxy) is 2. The zero-order chi connectivity index (χ0) is 42.5. The first kappa shape index (κ1) is 39.8. The van der Waals surface area contributed by atoms with Gasteiger partial charge in [0.05, 0.1) is 5.41 Å². The molecule has 0 bridgehead atoms. The minimum Gasteiger partial charge on any atom is -0.449 e. The maximum atomic E-state index is 7.29. The lowest BCUT2D eigenvalue weighted by molar-refractivity contribution is 0.360. The third-order valence-corrected chi connectivity index (χ3v) is 11.7. The van der Waals surface area contributed by atoms with Crippen molar-refractivity contribution in [3.05, 3.63) is 251 Å². The Labute approximate surface area is 364 Å². The summed E-state index contributed by atoms with van der Waals surface area (Å²) < 4.78 is 13.3. The fourth-order valence-corrected chi connectivity index (χ4v) is 8.78. The molecular formula is C58H48N2O2. The van der Waals surface area contributed by atoms with Crippen LogP contribution in [0.5, 0.6) is 23.0 Å². The van der Waals surface area contributed by atoms with Crippen LogP contribution in [0.1, 0.15) is 46.2 Å². The highest BCUT2D eigenvalue weighted by atomic mass is 16.6. The van der Waals surface area contributed by atoms with Crippen molar-refractivity contribution in [3.63, 3.8) is 0 Å². The normalized spacial score (nSPS) is 15.0. The molecular weight excluding hydrogens is 757 g/mol. The van der Waals surface area contributed by atoms with Crippen LogP contribution < -0.4 is 15.2 Å². The fraction of sp³-hybridized carbons (Fsp3) is 0.0862. The van der Waals surface area contributed by atoms with Gasteiger partial charge in [-0.25, -0.2) is 0 Å². The molecule has 8 aromatic rings. The number of aryl methyl sites for hydroxylation is 2. The number of nitrogens with one attached hydrogen (secondary N) is 1. The second kappa shape index (κ2) is 17.5. The summed E-state index contributed by atoms with van der Waals surface area (Å²) in [5.41, 5.74) is 20.3. The Balaban J connectivity index is 0.000000182. The molecule has 0 spiro atoms. The molecule has 2 aliphatic carbocycles. The highest BCUT2D eigenvalue weighted by Gasteiger charge is 2.49. The summed E-state index contributed by atoms with van der Waals surface area (Å²) in [5, 5.41) is 7.29. The lowest BCUT2D eigenvalue weighted by Crippen LogP contribution is -2.29. The minimum absolute atomic E-state index is 0.106. The van der Waals surface area contributed by atoms with Crippen molar-refractivity contribution in [2.75, 3.05) is 0 Å². The lowest BCUT2D eigenvalue weighted by Gasteiger charge is -2.36. The third-order valence-electron chi connectivity index (χ3n) is 11.7. The van der Waals surface area contributed by atoms with Crippen molar-refractivity contribution in [1.82, 2.24) is 0 Å². The maximum absolute atomic E-state index is 7.29. The number of fused-ring (bicyclic) bond motifs is 6. The van der Waals surface area contributed by atoms with Crippen LogP contribution in [0.3, 0.4) is 0 Å². The molecule has 302 valence electrons. The molecule has 4 heteroatoms. The van der Waals surface area contributed by atoms with Crippen molar-refractivity contribution < 1.29 is 9.47 Å². The molecule has 0 fully saturated rings. The quantitative estimate of drug-likeness (QED) is 0.134. The minimum atomic E-state index is -0.419. The van der Waals surface area contributed by atoms with E-state index in [0.29, 0.717) is 0 Å². The third kappa shape index (κ3) is 7.75. The molecule has 0 saturated carbocycles. The smallest absolute Gasteiger partial charge is 0.178 e. The molecule has 1 unspecified atom stereocenters. The second-order valence-corrected chi connectivity index (χ2v) is 15.9. The largest absolute Gasteiger partial charge is 0.449 e. The molecule has 11 rings (SSSR count). The van der Waals surface area contributed by atoms with Gasteiger partial charge in [-0.1, -0.05) is 205 Å². The van der Waals surface area contributed by atoms with E-state index < -0.39 is 5.41 Å². The topological polar surface area (TPSA) is 68.3 Å². The highest BCUT2D eigenvalue weighted by Crippen LogP contribution is 2.62. The summed E-state index contributed by atoms with van der Waals surface area (Å²) in [6.07, 6.45) is 9.16. The second-order valence-electron chi connectivity index (χ2n) is 15.9. The average Bonchev–Trinajstić information content (AvgIpc) is 3.64. The molecule has 3 N–H and O–H groups in total. The van der Waals surface area contributed by atoms with Crippen molar-refractivity contribution in [3.8, 4) is 56.4 Å². The van der Waals surface area contributed by atoms with Crippen molar-refractivity contribution >= 4 is 5.84 Å². The van der Waals surface area contributed by atoms with Gasteiger partial charge in [0.1, 0.15) is 5.84 Å². The number of allylic oxidation sites excluding steroid dienone is 4. The van der Waals surface area contributed by atoms with Crippen LogP contribution in [0.4, 0.5) is 0 Å². The molecule has 1 atom stereocenters. The number of benzene rings is 8. The van der Waals surface area contributed by atoms with Crippen LogP contribution in [-0.2, 0) is 5.41 Å². The van der Waals surface area contributed by atoms with Crippen LogP contribution in [-0.4, -0.2) is 5.84 Å². The van der Waals surface area contributed by atoms with Crippen LogP contribution in [0.2, 0.25) is 0 Å². The molecule has 1 aliphatic heterocycles. The van der Waals surface area contributed by atoms with Gasteiger partial charge in [0, 0.05) is 11.1 Å². The Morgan fingerprint density at radius 3 is 1.81 bits per heavy atom. The molecule has 4 nitrogen and oxygen atoms in total. The summed E-state index contributed by atoms with van der Waals surface area (Å²) in [6.45, 7) is 4.20. The van der Waals surface area contributed by atoms with Gasteiger partial charge in [-0.3, -0.25) is 5.41 Å². The van der Waals surface area contributed by atoms with Gasteiger partial charge in [0.15, 0.2) is 23.0 Å². The summed E-state index contributed by atoms with van der Waals surface area (Å²) in [4.78, 5) is 0. The van der Waals surface area contributed by atoms with Gasteiger partial charge in [0.25, 0.3) is 0 Å². The van der Waals surface area contributed by atoms with E-state index in [2.05, 4.69) is 159 Å². The van der Waals surface area contributed by atoms with Crippen molar-refractivity contribution in [2.24, 2.45) is 5.73 Å². The van der Waals surface area contributed by atoms with Crippen molar-refractivity contribution in [1.29, 1.82) is 5.41 Å². The Morgan fingerprint density at radius 1 is 0.516 bits per heavy atom. The SMILES string of the molecule is Cc1cccc(-c2ccc3c(c2)Oc2ccc4c(c2O3)-c2ccccc2C4(C2=CCCC=C2)c2ccccc2)c1.Cc1ccccc1.N=C(N)c1ccc(-c2ccccc2)cc1. The standard InChI is InChI=1S/C38H28O2.C13H12N2.C7H8/c1-25-11-10-12-26(23-25)27-19-21-33-35(24-27)39-34-22-20-32-36(37(34)40-33)30-17-8-9-18-31(30)38(32,28-13-4-2-5-14-28)29-15-6-3-7-16-29;14-13(15)12-8-6-11(7-9-12)10-4-2-1-3-5-10;1-7-5-3-2-4-6-7/h2,4-6,8-24H,3,7H2,1H3;1-9H,(H3,14,15);2-6H,1H3. The van der Waals surface area contributed by atoms with Gasteiger partial charge < -0.3 is 15.2 Å². The molecule has 62 heavy (non-hydrogen) atoms. The summed E-state index contributed by atoms with van der Waals surface area (Å²) in [5.74, 6) is 3.13. The van der Waals surface area contributed by atoms with Crippen LogP contribution in [0.15, 0.2) is 218 Å². The molecule has 0 aromatic heterocycles. The first-order valence-corrected chi connectivity index (χ1v) is 21.2. The number of nitrogens with two attached hydrogens (primary N) is 1. The predicted octanol–water partition coefficient (Wildman–Crippen LogP) is 14.8. The lowest BCUT2D eigenvalue weighted by atomic mass is 9.66. The number of rotatable bonds is 5. The maximum Gasteiger partial charge on any atom is 0.178 e. The molecule has 8 aromatic carbocycles. The average molecular weight is 805 g/mol. The summed E-state index contributed by atoms with van der Waals surface area (Å²) in [6, 6.07) is 66.9. The Bertz CT molecular complexity index is 2930. The van der Waals surface area contributed by atoms with E-state index in [9.17, 15) is 0 Å². The molecule has 0 amide bonds. The summed E-state index contributed by atoms with van der Waals surface area (Å²) >= 11 is 0. The zero-order valence-electron chi connectivity index (χ0n) is 35.0. The predicted molar refractivity (Wildman–Crippen MR) is 255 cm³/mol. The molecule has 3 aliphatic rings. The van der Waals surface area contributed by atoms with E-state index in [-0.39, 0.29) is 5.84 Å². The Morgan fingerprint density at radius 2 is 1.13 bits per heavy atom. The Kier molecular flexibility index (Phi) is 11.2. The zero-order valence-corrected chi connectivity index (χ0v) is 35.0. The molecule has 1 heterocycles. The van der Waals surface area contributed by atoms with Gasteiger partial charge in [-0.2, -0.15) is 0 Å². The first-order valence-electron chi connectivity index (χ1n) is 21.2. The number of hydrogen-bond donors (Lipinski definition) is 2. The van der Waals surface area contributed by atoms with E-state index in [1.165, 1.54) is 50.1 Å². The van der Waals surface area contributed by atoms with Crippen LogP contribution in [0.25, 0.3) is 33.4 Å². The number of amidine groups is 1. The van der Waals surface area contributed by atoms with Crippen LogP contribution >= 0.6 is 0 Å². The summed E-state index contributed by atoms with van der Waals surface area (Å²) in [7, 11) is 0. The monoisotopic (exact) mass is 804 g/mol. The first-order chi connectivity index (χ1) is 30.4.